The van der Waals surface area contributed by atoms with Gasteiger partial charge in [0.25, 0.3) is 5.91 Å². The zero-order valence-electron chi connectivity index (χ0n) is 15.7. The molecule has 144 valence electrons. The Bertz CT molecular complexity index is 782. The fourth-order valence-electron chi connectivity index (χ4n) is 4.16. The third-order valence-electron chi connectivity index (χ3n) is 5.66. The maximum Gasteiger partial charge on any atom is 0.256 e. The van der Waals surface area contributed by atoms with E-state index in [1.807, 2.05) is 24.3 Å². The van der Waals surface area contributed by atoms with Gasteiger partial charge in [-0.15, -0.1) is 0 Å². The van der Waals surface area contributed by atoms with Crippen molar-refractivity contribution < 1.29 is 9.90 Å². The van der Waals surface area contributed by atoms with Crippen LogP contribution in [-0.2, 0) is 6.54 Å². The van der Waals surface area contributed by atoms with Crippen molar-refractivity contribution in [2.45, 2.75) is 57.2 Å². The number of hydrogen-bond acceptors (Lipinski definition) is 4. The first-order valence-electron chi connectivity index (χ1n) is 10.0. The Morgan fingerprint density at radius 1 is 1.15 bits per heavy atom. The molecule has 2 aliphatic rings. The number of rotatable bonds is 5. The summed E-state index contributed by atoms with van der Waals surface area (Å²) in [4.78, 5) is 14.7. The van der Waals surface area contributed by atoms with Gasteiger partial charge in [-0.25, -0.2) is 0 Å². The topological polar surface area (TPSA) is 70.4 Å². The maximum atomic E-state index is 12.9. The number of piperidine rings is 1. The average molecular weight is 368 g/mol. The lowest BCUT2D eigenvalue weighted by Crippen LogP contribution is -2.42. The molecule has 2 N–H and O–H groups in total. The molecule has 2 heterocycles. The van der Waals surface area contributed by atoms with E-state index in [0.29, 0.717) is 31.2 Å². The minimum absolute atomic E-state index is 0.0201. The lowest BCUT2D eigenvalue weighted by Gasteiger charge is -2.30. The predicted octanol–water partition coefficient (Wildman–Crippen LogP) is 3.21. The van der Waals surface area contributed by atoms with Gasteiger partial charge in [-0.1, -0.05) is 25.0 Å². The van der Waals surface area contributed by atoms with Crippen molar-refractivity contribution in [1.29, 1.82) is 0 Å². The Hall–Kier alpha value is -2.34. The predicted molar refractivity (Wildman–Crippen MR) is 105 cm³/mol. The Morgan fingerprint density at radius 2 is 1.96 bits per heavy atom. The summed E-state index contributed by atoms with van der Waals surface area (Å²) >= 11 is 0. The van der Waals surface area contributed by atoms with Crippen LogP contribution in [-0.4, -0.2) is 44.9 Å². The standard InChI is InChI=1S/C21H28N4O2/c26-18-8-5-12-24(15-18)21(27)19-9-3-4-10-20(19)22-14-16-11-13-25(23-16)17-6-1-2-7-17/h3-4,9-11,13,17-18,22,26H,1-2,5-8,12,14-15H2/t18-/m0/s1. The zero-order valence-corrected chi connectivity index (χ0v) is 15.7. The van der Waals surface area contributed by atoms with Gasteiger partial charge in [0.2, 0.25) is 0 Å². The second kappa shape index (κ2) is 8.13. The molecule has 0 unspecified atom stereocenters. The number of aliphatic hydroxyl groups excluding tert-OH is 1. The van der Waals surface area contributed by atoms with Gasteiger partial charge in [0.05, 0.1) is 29.9 Å². The average Bonchev–Trinajstić information content (AvgIpc) is 3.37. The van der Waals surface area contributed by atoms with Crippen molar-refractivity contribution in [3.63, 3.8) is 0 Å². The van der Waals surface area contributed by atoms with Crippen LogP contribution in [0.5, 0.6) is 0 Å². The summed E-state index contributed by atoms with van der Waals surface area (Å²) in [5.74, 6) is -0.0201. The molecule has 2 aromatic rings. The number of nitrogens with one attached hydrogen (secondary N) is 1. The molecule has 1 saturated carbocycles. The van der Waals surface area contributed by atoms with Crippen LogP contribution in [0.25, 0.3) is 0 Å². The third kappa shape index (κ3) is 4.16. The minimum Gasteiger partial charge on any atom is -0.391 e. The molecule has 27 heavy (non-hydrogen) atoms. The summed E-state index contributed by atoms with van der Waals surface area (Å²) in [7, 11) is 0. The number of β-amino-alcohol motifs (C(OH)–C–C–N with tert-alkyl or cyclic N) is 1. The SMILES string of the molecule is O=C(c1ccccc1NCc1ccn(C2CCCC2)n1)N1CCC[C@H](O)C1. The van der Waals surface area contributed by atoms with Crippen LogP contribution in [0, 0.1) is 0 Å². The molecule has 6 heteroatoms. The number of carbonyl (C=O) groups is 1. The van der Waals surface area contributed by atoms with Gasteiger partial charge in [0.1, 0.15) is 0 Å². The molecule has 1 amide bonds. The van der Waals surface area contributed by atoms with Crippen LogP contribution in [0.15, 0.2) is 36.5 Å². The van der Waals surface area contributed by atoms with E-state index in [-0.39, 0.29) is 5.91 Å². The molecule has 1 aromatic carbocycles. The molecule has 2 fully saturated rings. The molecule has 4 rings (SSSR count). The Balaban J connectivity index is 1.43. The van der Waals surface area contributed by atoms with Gasteiger partial charge in [-0.05, 0) is 43.9 Å². The normalized spacial score (nSPS) is 20.8. The Labute approximate surface area is 160 Å². The molecule has 1 atom stereocenters. The van der Waals surface area contributed by atoms with E-state index >= 15 is 0 Å². The molecular weight excluding hydrogens is 340 g/mol. The summed E-state index contributed by atoms with van der Waals surface area (Å²) in [6, 6.07) is 10.2. The van der Waals surface area contributed by atoms with Crippen molar-refractivity contribution in [3.8, 4) is 0 Å². The van der Waals surface area contributed by atoms with Gasteiger partial charge in [-0.2, -0.15) is 5.10 Å². The van der Waals surface area contributed by atoms with Crippen LogP contribution in [0.1, 0.15) is 60.6 Å². The maximum absolute atomic E-state index is 12.9. The minimum atomic E-state index is -0.414. The van der Waals surface area contributed by atoms with E-state index in [4.69, 9.17) is 5.10 Å². The quantitative estimate of drug-likeness (QED) is 0.850. The van der Waals surface area contributed by atoms with E-state index in [1.54, 1.807) is 4.90 Å². The first-order valence-corrected chi connectivity index (χ1v) is 10.0. The van der Waals surface area contributed by atoms with Crippen LogP contribution >= 0.6 is 0 Å². The number of benzene rings is 1. The van der Waals surface area contributed by atoms with Crippen molar-refractivity contribution in [1.82, 2.24) is 14.7 Å². The Morgan fingerprint density at radius 3 is 2.78 bits per heavy atom. The third-order valence-corrected chi connectivity index (χ3v) is 5.66. The van der Waals surface area contributed by atoms with E-state index in [9.17, 15) is 9.90 Å². The number of hydrogen-bond donors (Lipinski definition) is 2. The van der Waals surface area contributed by atoms with E-state index in [0.717, 1.165) is 24.2 Å². The lowest BCUT2D eigenvalue weighted by molar-refractivity contribution is 0.0474. The molecule has 1 saturated heterocycles. The monoisotopic (exact) mass is 368 g/mol. The van der Waals surface area contributed by atoms with E-state index in [2.05, 4.69) is 22.3 Å². The number of amides is 1. The first-order chi connectivity index (χ1) is 13.2. The second-order valence-electron chi connectivity index (χ2n) is 7.67. The highest BCUT2D eigenvalue weighted by Gasteiger charge is 2.24. The fourth-order valence-corrected chi connectivity index (χ4v) is 4.16. The smallest absolute Gasteiger partial charge is 0.256 e. The summed E-state index contributed by atoms with van der Waals surface area (Å²) in [5.41, 5.74) is 2.46. The summed E-state index contributed by atoms with van der Waals surface area (Å²) in [6.45, 7) is 1.71. The van der Waals surface area contributed by atoms with Crippen molar-refractivity contribution in [2.24, 2.45) is 0 Å². The van der Waals surface area contributed by atoms with Gasteiger partial charge < -0.3 is 15.3 Å². The highest BCUT2D eigenvalue weighted by molar-refractivity contribution is 5.99. The molecule has 1 aromatic heterocycles. The van der Waals surface area contributed by atoms with Gasteiger partial charge >= 0.3 is 0 Å². The zero-order chi connectivity index (χ0) is 18.6. The fraction of sp³-hybridized carbons (Fsp3) is 0.524. The van der Waals surface area contributed by atoms with Crippen LogP contribution in [0.4, 0.5) is 5.69 Å². The number of para-hydroxylation sites is 1. The van der Waals surface area contributed by atoms with Gasteiger partial charge in [-0.3, -0.25) is 9.48 Å². The number of likely N-dealkylation sites (tertiary alicyclic amines) is 1. The van der Waals surface area contributed by atoms with Crippen LogP contribution in [0.2, 0.25) is 0 Å². The molecule has 1 aliphatic heterocycles. The van der Waals surface area contributed by atoms with Gasteiger partial charge in [0, 0.05) is 25.0 Å². The molecule has 1 aliphatic carbocycles. The van der Waals surface area contributed by atoms with Crippen molar-refractivity contribution in [3.05, 3.63) is 47.8 Å². The number of nitrogens with zero attached hydrogens (tertiary/aromatic N) is 3. The van der Waals surface area contributed by atoms with Crippen LogP contribution in [0.3, 0.4) is 0 Å². The summed E-state index contributed by atoms with van der Waals surface area (Å²) in [5, 5.41) is 18.0. The van der Waals surface area contributed by atoms with Crippen LogP contribution < -0.4 is 5.32 Å². The number of aromatic nitrogens is 2. The van der Waals surface area contributed by atoms with Gasteiger partial charge in [0.15, 0.2) is 0 Å². The molecule has 0 radical (unpaired) electrons. The largest absolute Gasteiger partial charge is 0.391 e. The Kier molecular flexibility index (Phi) is 5.43. The summed E-state index contributed by atoms with van der Waals surface area (Å²) < 4.78 is 2.09. The van der Waals surface area contributed by atoms with Crippen molar-refractivity contribution >= 4 is 11.6 Å². The number of aliphatic hydroxyl groups is 1. The number of anilines is 1. The number of carbonyl (C=O) groups excluding carboxylic acids is 1. The molecular formula is C21H28N4O2. The highest BCUT2D eigenvalue weighted by Crippen LogP contribution is 2.29. The molecule has 0 bridgehead atoms. The van der Waals surface area contributed by atoms with Crippen molar-refractivity contribution in [2.75, 3.05) is 18.4 Å². The van der Waals surface area contributed by atoms with E-state index < -0.39 is 6.10 Å². The molecule has 0 spiro atoms. The lowest BCUT2D eigenvalue weighted by atomic mass is 10.1. The molecule has 6 nitrogen and oxygen atoms in total. The highest BCUT2D eigenvalue weighted by atomic mass is 16.3. The first kappa shape index (κ1) is 18.0. The van der Waals surface area contributed by atoms with E-state index in [1.165, 1.54) is 25.7 Å². The summed E-state index contributed by atoms with van der Waals surface area (Å²) in [6.07, 6.45) is 8.29. The second-order valence-corrected chi connectivity index (χ2v) is 7.67.